The summed E-state index contributed by atoms with van der Waals surface area (Å²) in [5, 5.41) is 11.3. The second kappa shape index (κ2) is 7.48. The van der Waals surface area contributed by atoms with Crippen molar-refractivity contribution in [3.8, 4) is 0 Å². The van der Waals surface area contributed by atoms with Gasteiger partial charge in [0.1, 0.15) is 5.82 Å². The Morgan fingerprint density at radius 3 is 2.89 bits per heavy atom. The number of hydrogen-bond donors (Lipinski definition) is 2. The van der Waals surface area contributed by atoms with E-state index >= 15 is 0 Å². The molecule has 2 heterocycles. The Hall–Kier alpha value is -2.74. The third-order valence-electron chi connectivity index (χ3n) is 5.20. The third kappa shape index (κ3) is 3.32. The van der Waals surface area contributed by atoms with Gasteiger partial charge in [-0.2, -0.15) is 0 Å². The normalized spacial score (nSPS) is 15.4. The van der Waals surface area contributed by atoms with Gasteiger partial charge in [-0.3, -0.25) is 14.0 Å². The van der Waals surface area contributed by atoms with Crippen molar-refractivity contribution < 1.29 is 9.53 Å². The van der Waals surface area contributed by atoms with Crippen LogP contribution in [0.2, 0.25) is 0 Å². The van der Waals surface area contributed by atoms with Gasteiger partial charge in [0.05, 0.1) is 17.6 Å². The molecule has 4 rings (SSSR count). The van der Waals surface area contributed by atoms with E-state index in [1.54, 1.807) is 25.3 Å². The molecule has 1 aromatic carbocycles. The van der Waals surface area contributed by atoms with Crippen LogP contribution < -0.4 is 10.9 Å². The molecular weight excluding hydrogens is 346 g/mol. The van der Waals surface area contributed by atoms with Crippen LogP contribution in [-0.2, 0) is 4.74 Å². The first kappa shape index (κ1) is 17.7. The average molecular weight is 369 g/mol. The lowest BCUT2D eigenvalue weighted by atomic mass is 9.89. The van der Waals surface area contributed by atoms with E-state index in [0.29, 0.717) is 24.2 Å². The van der Waals surface area contributed by atoms with Crippen LogP contribution in [0.15, 0.2) is 23.0 Å². The van der Waals surface area contributed by atoms with Crippen molar-refractivity contribution >= 4 is 22.6 Å². The minimum Gasteiger partial charge on any atom is -0.383 e. The molecule has 0 unspecified atom stereocenters. The van der Waals surface area contributed by atoms with Crippen LogP contribution in [-0.4, -0.2) is 45.8 Å². The minimum atomic E-state index is -0.269. The number of H-pyrrole nitrogens is 1. The van der Waals surface area contributed by atoms with Crippen LogP contribution in [0.4, 0.5) is 0 Å². The van der Waals surface area contributed by atoms with Gasteiger partial charge in [0.25, 0.3) is 11.5 Å². The summed E-state index contributed by atoms with van der Waals surface area (Å²) in [5.74, 6) is 0.927. The molecule has 27 heavy (non-hydrogen) atoms. The van der Waals surface area contributed by atoms with Gasteiger partial charge in [-0.25, -0.2) is 0 Å². The zero-order valence-electron chi connectivity index (χ0n) is 15.3. The molecule has 0 atom stereocenters. The zero-order valence-corrected chi connectivity index (χ0v) is 15.3. The molecule has 2 N–H and O–H groups in total. The highest BCUT2D eigenvalue weighted by Gasteiger charge is 2.23. The highest BCUT2D eigenvalue weighted by Crippen LogP contribution is 2.32. The molecule has 1 amide bonds. The second-order valence-corrected chi connectivity index (χ2v) is 6.99. The summed E-state index contributed by atoms with van der Waals surface area (Å²) in [6.07, 6.45) is 5.65. The number of nitrogens with one attached hydrogen (secondary N) is 2. The molecule has 1 aliphatic rings. The molecule has 0 spiro atoms. The monoisotopic (exact) mass is 369 g/mol. The third-order valence-corrected chi connectivity index (χ3v) is 5.20. The van der Waals surface area contributed by atoms with Crippen molar-refractivity contribution in [3.63, 3.8) is 0 Å². The highest BCUT2D eigenvalue weighted by molar-refractivity contribution is 5.97. The molecule has 0 aliphatic heterocycles. The van der Waals surface area contributed by atoms with Gasteiger partial charge in [-0.15, -0.1) is 10.2 Å². The number of ether oxygens (including phenoxy) is 1. The predicted octanol–water partition coefficient (Wildman–Crippen LogP) is 1.99. The van der Waals surface area contributed by atoms with E-state index in [0.717, 1.165) is 37.0 Å². The predicted molar refractivity (Wildman–Crippen MR) is 101 cm³/mol. The topological polar surface area (TPSA) is 101 Å². The van der Waals surface area contributed by atoms with E-state index < -0.39 is 0 Å². The van der Waals surface area contributed by atoms with Crippen molar-refractivity contribution in [3.05, 3.63) is 39.9 Å². The van der Waals surface area contributed by atoms with Gasteiger partial charge in [-0.1, -0.05) is 19.3 Å². The van der Waals surface area contributed by atoms with Crippen LogP contribution in [0.5, 0.6) is 0 Å². The van der Waals surface area contributed by atoms with Gasteiger partial charge in [0, 0.05) is 25.1 Å². The lowest BCUT2D eigenvalue weighted by Crippen LogP contribution is -2.27. The summed E-state index contributed by atoms with van der Waals surface area (Å²) in [4.78, 5) is 27.7. The van der Waals surface area contributed by atoms with Gasteiger partial charge >= 0.3 is 0 Å². The number of rotatable bonds is 5. The first-order valence-electron chi connectivity index (χ1n) is 9.37. The molecule has 1 fully saturated rings. The summed E-state index contributed by atoms with van der Waals surface area (Å²) in [6.45, 7) is 0.891. The van der Waals surface area contributed by atoms with Gasteiger partial charge in [-0.05, 0) is 31.0 Å². The molecule has 142 valence electrons. The lowest BCUT2D eigenvalue weighted by Gasteiger charge is -2.20. The van der Waals surface area contributed by atoms with Gasteiger partial charge in [0.2, 0.25) is 5.65 Å². The van der Waals surface area contributed by atoms with Crippen molar-refractivity contribution in [1.29, 1.82) is 0 Å². The number of nitrogens with zero attached hydrogens (tertiary/aromatic N) is 3. The zero-order chi connectivity index (χ0) is 18.8. The van der Waals surface area contributed by atoms with Crippen LogP contribution >= 0.6 is 0 Å². The van der Waals surface area contributed by atoms with Gasteiger partial charge in [0.15, 0.2) is 0 Å². The quantitative estimate of drug-likeness (QED) is 0.670. The molecular formula is C19H23N5O3. The summed E-state index contributed by atoms with van der Waals surface area (Å²) in [5.41, 5.74) is 1.94. The number of methoxy groups -OCH3 is 1. The van der Waals surface area contributed by atoms with E-state index in [-0.39, 0.29) is 23.0 Å². The van der Waals surface area contributed by atoms with Crippen LogP contribution in [0, 0.1) is 0 Å². The molecule has 0 bridgehead atoms. The van der Waals surface area contributed by atoms with E-state index in [2.05, 4.69) is 20.5 Å². The standard InChI is InChI=1S/C19H23N5O3/c1-27-10-9-20-18(25)13-7-8-14-15(11-13)24-16(12-5-3-2-4-6-12)22-23-17(24)19(26)21-14/h7-8,11-12H,2-6,9-10H2,1H3,(H,20,25)(H,21,26). The number of amides is 1. The fourth-order valence-electron chi connectivity index (χ4n) is 3.82. The lowest BCUT2D eigenvalue weighted by molar-refractivity contribution is 0.0937. The number of aromatic nitrogens is 4. The molecule has 2 aromatic heterocycles. The van der Waals surface area contributed by atoms with Crippen molar-refractivity contribution in [1.82, 2.24) is 24.9 Å². The Bertz CT molecular complexity index is 1030. The van der Waals surface area contributed by atoms with E-state index in [1.807, 2.05) is 4.40 Å². The molecule has 8 heteroatoms. The largest absolute Gasteiger partial charge is 0.383 e. The first-order chi connectivity index (χ1) is 13.2. The maximum absolute atomic E-state index is 12.4. The summed E-state index contributed by atoms with van der Waals surface area (Å²) >= 11 is 0. The number of carbonyl (C=O) groups is 1. The van der Waals surface area contributed by atoms with Gasteiger partial charge < -0.3 is 15.0 Å². The number of hydrogen-bond acceptors (Lipinski definition) is 5. The smallest absolute Gasteiger partial charge is 0.294 e. The summed E-state index contributed by atoms with van der Waals surface area (Å²) in [7, 11) is 1.59. The van der Waals surface area contributed by atoms with Crippen molar-refractivity contribution in [2.24, 2.45) is 0 Å². The number of fused-ring (bicyclic) bond motifs is 3. The molecule has 1 saturated carbocycles. The Morgan fingerprint density at radius 1 is 1.30 bits per heavy atom. The summed E-state index contributed by atoms with van der Waals surface area (Å²) < 4.78 is 6.80. The highest BCUT2D eigenvalue weighted by atomic mass is 16.5. The fraction of sp³-hybridized carbons (Fsp3) is 0.474. The molecule has 0 radical (unpaired) electrons. The fourth-order valence-corrected chi connectivity index (χ4v) is 3.82. The van der Waals surface area contributed by atoms with Crippen LogP contribution in [0.25, 0.3) is 16.7 Å². The Balaban J connectivity index is 1.82. The average Bonchev–Trinajstić information content (AvgIpc) is 3.15. The first-order valence-corrected chi connectivity index (χ1v) is 9.37. The molecule has 3 aromatic rings. The Kier molecular flexibility index (Phi) is 4.89. The maximum atomic E-state index is 12.4. The van der Waals surface area contributed by atoms with Crippen molar-refractivity contribution in [2.75, 3.05) is 20.3 Å². The second-order valence-electron chi connectivity index (χ2n) is 6.99. The SMILES string of the molecule is COCCNC(=O)c1ccc2[nH]c(=O)c3nnc(C4CCCCC4)n3c2c1. The number of aromatic amines is 1. The number of carbonyl (C=O) groups excluding carboxylic acids is 1. The Labute approximate surface area is 155 Å². The molecule has 8 nitrogen and oxygen atoms in total. The minimum absolute atomic E-state index is 0.180. The maximum Gasteiger partial charge on any atom is 0.294 e. The van der Waals surface area contributed by atoms with E-state index in [4.69, 9.17) is 4.74 Å². The summed E-state index contributed by atoms with van der Waals surface area (Å²) in [6, 6.07) is 5.25. The molecule has 0 saturated heterocycles. The molecule has 1 aliphatic carbocycles. The Morgan fingerprint density at radius 2 is 2.11 bits per heavy atom. The van der Waals surface area contributed by atoms with E-state index in [1.165, 1.54) is 6.42 Å². The van der Waals surface area contributed by atoms with E-state index in [9.17, 15) is 9.59 Å². The number of benzene rings is 1. The van der Waals surface area contributed by atoms with Crippen LogP contribution in [0.1, 0.15) is 54.2 Å². The van der Waals surface area contributed by atoms with Crippen LogP contribution in [0.3, 0.4) is 0 Å². The van der Waals surface area contributed by atoms with Crippen molar-refractivity contribution in [2.45, 2.75) is 38.0 Å².